The summed E-state index contributed by atoms with van der Waals surface area (Å²) in [4.78, 5) is 15.6. The molecule has 4 nitrogen and oxygen atoms in total. The van der Waals surface area contributed by atoms with E-state index in [1.165, 1.54) is 0 Å². The van der Waals surface area contributed by atoms with Crippen LogP contribution in [0.15, 0.2) is 24.3 Å². The highest BCUT2D eigenvalue weighted by molar-refractivity contribution is 5.88. The number of piperazine rings is 1. The van der Waals surface area contributed by atoms with E-state index in [-0.39, 0.29) is 0 Å². The molecule has 0 aliphatic carbocycles. The lowest BCUT2D eigenvalue weighted by atomic mass is 10.1. The number of hydrogen-bond donors (Lipinski definition) is 1. The van der Waals surface area contributed by atoms with Gasteiger partial charge < -0.3 is 10.0 Å². The van der Waals surface area contributed by atoms with Gasteiger partial charge in [0.15, 0.2) is 0 Å². The third-order valence-electron chi connectivity index (χ3n) is 3.82. The Kier molecular flexibility index (Phi) is 3.57. The Balaban J connectivity index is 2.21. The van der Waals surface area contributed by atoms with Crippen LogP contribution < -0.4 is 4.90 Å². The van der Waals surface area contributed by atoms with Crippen molar-refractivity contribution in [1.82, 2.24) is 4.90 Å². The molecule has 98 valence electrons. The third kappa shape index (κ3) is 2.48. The van der Waals surface area contributed by atoms with Gasteiger partial charge in [0.25, 0.3) is 0 Å². The van der Waals surface area contributed by atoms with Gasteiger partial charge in [0.05, 0.1) is 5.56 Å². The monoisotopic (exact) mass is 248 g/mol. The highest BCUT2D eigenvalue weighted by Gasteiger charge is 2.26. The molecule has 1 aromatic rings. The van der Waals surface area contributed by atoms with E-state index >= 15 is 0 Å². The van der Waals surface area contributed by atoms with Gasteiger partial charge in [0.2, 0.25) is 0 Å². The molecule has 0 spiro atoms. The molecule has 1 fully saturated rings. The van der Waals surface area contributed by atoms with Crippen molar-refractivity contribution in [3.05, 3.63) is 29.8 Å². The Morgan fingerprint density at radius 2 is 1.89 bits per heavy atom. The van der Waals surface area contributed by atoms with Crippen LogP contribution in [-0.4, -0.2) is 48.2 Å². The zero-order valence-electron chi connectivity index (χ0n) is 11.1. The molecule has 0 bridgehead atoms. The van der Waals surface area contributed by atoms with Crippen LogP contribution in [-0.2, 0) is 0 Å². The predicted octanol–water partition coefficient (Wildman–Crippen LogP) is 1.91. The van der Waals surface area contributed by atoms with Crippen LogP contribution in [0.25, 0.3) is 0 Å². The molecule has 0 amide bonds. The Bertz CT molecular complexity index is 435. The van der Waals surface area contributed by atoms with Crippen molar-refractivity contribution in [3.63, 3.8) is 0 Å². The summed E-state index contributed by atoms with van der Waals surface area (Å²) in [6.07, 6.45) is 0. The minimum Gasteiger partial charge on any atom is -0.478 e. The Morgan fingerprint density at radius 1 is 1.28 bits per heavy atom. The van der Waals surface area contributed by atoms with Gasteiger partial charge >= 0.3 is 5.97 Å². The van der Waals surface area contributed by atoms with E-state index in [0.717, 1.165) is 18.8 Å². The van der Waals surface area contributed by atoms with Crippen molar-refractivity contribution >= 4 is 11.7 Å². The smallest absolute Gasteiger partial charge is 0.335 e. The van der Waals surface area contributed by atoms with E-state index in [0.29, 0.717) is 17.6 Å². The molecule has 2 rings (SSSR count). The Labute approximate surface area is 108 Å². The van der Waals surface area contributed by atoms with Crippen LogP contribution in [0.3, 0.4) is 0 Å². The normalized spacial score (nSPS) is 25.2. The number of rotatable bonds is 2. The van der Waals surface area contributed by atoms with Crippen molar-refractivity contribution in [2.45, 2.75) is 25.9 Å². The Hall–Kier alpha value is -1.55. The van der Waals surface area contributed by atoms with Crippen LogP contribution in [0.2, 0.25) is 0 Å². The van der Waals surface area contributed by atoms with Gasteiger partial charge in [-0.05, 0) is 39.1 Å². The first-order valence-electron chi connectivity index (χ1n) is 6.29. The molecule has 1 aromatic carbocycles. The number of benzene rings is 1. The second-order valence-corrected chi connectivity index (χ2v) is 5.12. The number of nitrogens with zero attached hydrogens (tertiary/aromatic N) is 2. The molecule has 1 aliphatic rings. The molecule has 1 N–H and O–H groups in total. The van der Waals surface area contributed by atoms with E-state index in [1.807, 2.05) is 12.1 Å². The van der Waals surface area contributed by atoms with Gasteiger partial charge in [-0.3, -0.25) is 4.90 Å². The fourth-order valence-corrected chi connectivity index (χ4v) is 2.45. The van der Waals surface area contributed by atoms with Gasteiger partial charge in [-0.2, -0.15) is 0 Å². The molecule has 0 aromatic heterocycles. The van der Waals surface area contributed by atoms with Crippen molar-refractivity contribution in [2.24, 2.45) is 0 Å². The minimum absolute atomic E-state index is 0.353. The fraction of sp³-hybridized carbons (Fsp3) is 0.500. The van der Waals surface area contributed by atoms with Crippen molar-refractivity contribution in [1.29, 1.82) is 0 Å². The summed E-state index contributed by atoms with van der Waals surface area (Å²) < 4.78 is 0. The van der Waals surface area contributed by atoms with E-state index in [2.05, 4.69) is 30.7 Å². The molecule has 18 heavy (non-hydrogen) atoms. The lowest BCUT2D eigenvalue weighted by Crippen LogP contribution is -2.55. The minimum atomic E-state index is -0.868. The van der Waals surface area contributed by atoms with Crippen molar-refractivity contribution in [3.8, 4) is 0 Å². The molecule has 4 heteroatoms. The fourth-order valence-electron chi connectivity index (χ4n) is 2.45. The average Bonchev–Trinajstić information content (AvgIpc) is 2.35. The number of likely N-dealkylation sites (N-methyl/N-ethyl adjacent to an activating group) is 1. The number of carboxylic acid groups (broad SMARTS) is 1. The van der Waals surface area contributed by atoms with Crippen LogP contribution in [0, 0.1) is 0 Å². The first-order chi connectivity index (χ1) is 8.49. The number of hydrogen-bond acceptors (Lipinski definition) is 3. The zero-order chi connectivity index (χ0) is 13.3. The topological polar surface area (TPSA) is 43.8 Å². The summed E-state index contributed by atoms with van der Waals surface area (Å²) >= 11 is 0. The second-order valence-electron chi connectivity index (χ2n) is 5.12. The van der Waals surface area contributed by atoms with Crippen LogP contribution in [0.4, 0.5) is 5.69 Å². The molecular formula is C14H20N2O2. The van der Waals surface area contributed by atoms with Crippen LogP contribution in [0.1, 0.15) is 24.2 Å². The van der Waals surface area contributed by atoms with Gasteiger partial charge in [-0.1, -0.05) is 6.07 Å². The first-order valence-corrected chi connectivity index (χ1v) is 6.29. The number of carbonyl (C=O) groups is 1. The van der Waals surface area contributed by atoms with Gasteiger partial charge in [0, 0.05) is 30.9 Å². The zero-order valence-corrected chi connectivity index (χ0v) is 11.1. The third-order valence-corrected chi connectivity index (χ3v) is 3.82. The standard InChI is InChI=1S/C14H20N2O2/c1-10-8-16(9-11(2)15(10)3)13-6-4-5-12(7-13)14(17)18/h4-7,10-11H,8-9H2,1-3H3,(H,17,18). The van der Waals surface area contributed by atoms with E-state index < -0.39 is 5.97 Å². The highest BCUT2D eigenvalue weighted by atomic mass is 16.4. The molecule has 1 heterocycles. The maximum atomic E-state index is 11.0. The van der Waals surface area contributed by atoms with E-state index in [4.69, 9.17) is 5.11 Å². The maximum Gasteiger partial charge on any atom is 0.335 e. The summed E-state index contributed by atoms with van der Waals surface area (Å²) in [5, 5.41) is 9.03. The summed E-state index contributed by atoms with van der Waals surface area (Å²) in [7, 11) is 2.14. The largest absolute Gasteiger partial charge is 0.478 e. The SMILES string of the molecule is CC1CN(c2cccc(C(=O)O)c2)CC(C)N1C. The first kappa shape index (κ1) is 12.9. The quantitative estimate of drug-likeness (QED) is 0.868. The molecule has 1 saturated heterocycles. The number of anilines is 1. The van der Waals surface area contributed by atoms with Crippen LogP contribution >= 0.6 is 0 Å². The van der Waals surface area contributed by atoms with Crippen LogP contribution in [0.5, 0.6) is 0 Å². The highest BCUT2D eigenvalue weighted by Crippen LogP contribution is 2.22. The number of carboxylic acids is 1. The van der Waals surface area contributed by atoms with Gasteiger partial charge in [0.1, 0.15) is 0 Å². The Morgan fingerprint density at radius 3 is 2.44 bits per heavy atom. The maximum absolute atomic E-state index is 11.0. The predicted molar refractivity (Wildman–Crippen MR) is 72.3 cm³/mol. The molecular weight excluding hydrogens is 228 g/mol. The average molecular weight is 248 g/mol. The van der Waals surface area contributed by atoms with Gasteiger partial charge in [-0.25, -0.2) is 4.79 Å². The van der Waals surface area contributed by atoms with E-state index in [9.17, 15) is 4.79 Å². The summed E-state index contributed by atoms with van der Waals surface area (Å²) in [5.74, 6) is -0.868. The molecule has 2 atom stereocenters. The second kappa shape index (κ2) is 4.98. The lowest BCUT2D eigenvalue weighted by molar-refractivity contribution is 0.0697. The van der Waals surface area contributed by atoms with Crippen molar-refractivity contribution < 1.29 is 9.90 Å². The molecule has 0 radical (unpaired) electrons. The number of aromatic carboxylic acids is 1. The lowest BCUT2D eigenvalue weighted by Gasteiger charge is -2.43. The van der Waals surface area contributed by atoms with Gasteiger partial charge in [-0.15, -0.1) is 0 Å². The van der Waals surface area contributed by atoms with Crippen molar-refractivity contribution in [2.75, 3.05) is 25.0 Å². The summed E-state index contributed by atoms with van der Waals surface area (Å²) in [6.45, 7) is 6.27. The van der Waals surface area contributed by atoms with E-state index in [1.54, 1.807) is 12.1 Å². The summed E-state index contributed by atoms with van der Waals surface area (Å²) in [6, 6.07) is 8.13. The molecule has 2 unspecified atom stereocenters. The molecule has 0 saturated carbocycles. The summed E-state index contributed by atoms with van der Waals surface area (Å²) in [5.41, 5.74) is 1.36. The molecule has 1 aliphatic heterocycles.